The van der Waals surface area contributed by atoms with Gasteiger partial charge < -0.3 is 9.47 Å². The Kier molecular flexibility index (Phi) is 4.17. The Labute approximate surface area is 105 Å². The van der Waals surface area contributed by atoms with Crippen molar-refractivity contribution in [1.82, 2.24) is 4.98 Å². The maximum absolute atomic E-state index is 11.5. The van der Waals surface area contributed by atoms with Crippen molar-refractivity contribution in [2.75, 3.05) is 12.4 Å². The summed E-state index contributed by atoms with van der Waals surface area (Å²) in [5.41, 5.74) is -0.219. The largest absolute Gasteiger partial charge is 0.495 e. The first-order valence-corrected chi connectivity index (χ1v) is 5.39. The lowest BCUT2D eigenvalue weighted by atomic mass is 10.2. The molecule has 0 atom stereocenters. The van der Waals surface area contributed by atoms with Crippen molar-refractivity contribution < 1.29 is 14.3 Å². The molecule has 0 unspecified atom stereocenters. The third-order valence-electron chi connectivity index (χ3n) is 1.69. The van der Waals surface area contributed by atoms with Crippen LogP contribution >= 0.6 is 11.6 Å². The Bertz CT molecular complexity index is 416. The minimum absolute atomic E-state index is 0.177. The van der Waals surface area contributed by atoms with E-state index in [-0.39, 0.29) is 5.15 Å². The molecule has 0 saturated carbocycles. The molecule has 0 radical (unpaired) electrons. The number of nitrogens with zero attached hydrogens (tertiary/aromatic N) is 1. The third-order valence-corrected chi connectivity index (χ3v) is 1.99. The van der Waals surface area contributed by atoms with Crippen molar-refractivity contribution in [2.45, 2.75) is 26.4 Å². The van der Waals surface area contributed by atoms with Crippen LogP contribution in [0.3, 0.4) is 0 Å². The van der Waals surface area contributed by atoms with Crippen LogP contribution in [0.15, 0.2) is 12.3 Å². The lowest BCUT2D eigenvalue weighted by Gasteiger charge is -2.19. The van der Waals surface area contributed by atoms with Gasteiger partial charge in [-0.3, -0.25) is 5.32 Å². The van der Waals surface area contributed by atoms with Gasteiger partial charge in [0.05, 0.1) is 19.0 Å². The number of nitrogens with one attached hydrogen (secondary N) is 1. The summed E-state index contributed by atoms with van der Waals surface area (Å²) in [5, 5.41) is 2.68. The van der Waals surface area contributed by atoms with E-state index in [0.717, 1.165) is 0 Å². The fourth-order valence-corrected chi connectivity index (χ4v) is 1.19. The molecule has 1 aromatic rings. The van der Waals surface area contributed by atoms with Crippen LogP contribution in [0.1, 0.15) is 20.8 Å². The van der Waals surface area contributed by atoms with Crippen LogP contribution in [0.4, 0.5) is 10.5 Å². The van der Waals surface area contributed by atoms with Gasteiger partial charge in [0.15, 0.2) is 5.15 Å². The van der Waals surface area contributed by atoms with Gasteiger partial charge in [-0.1, -0.05) is 11.6 Å². The maximum atomic E-state index is 11.5. The number of aromatic nitrogens is 1. The average Bonchev–Trinajstić information content (AvgIpc) is 2.18. The molecular formula is C11H15ClN2O3. The van der Waals surface area contributed by atoms with Crippen molar-refractivity contribution in [2.24, 2.45) is 0 Å². The average molecular weight is 259 g/mol. The molecule has 0 spiro atoms. The highest BCUT2D eigenvalue weighted by atomic mass is 35.5. The molecule has 1 amide bonds. The number of ether oxygens (including phenoxy) is 2. The van der Waals surface area contributed by atoms with E-state index >= 15 is 0 Å². The summed E-state index contributed by atoms with van der Waals surface area (Å²) in [5.74, 6) is 0.500. The Morgan fingerprint density at radius 1 is 1.47 bits per heavy atom. The van der Waals surface area contributed by atoms with E-state index in [2.05, 4.69) is 10.3 Å². The Morgan fingerprint density at radius 3 is 2.65 bits per heavy atom. The Balaban J connectivity index is 2.77. The summed E-state index contributed by atoms with van der Waals surface area (Å²) < 4.78 is 10.1. The van der Waals surface area contributed by atoms with Crippen molar-refractivity contribution in [3.05, 3.63) is 17.4 Å². The highest BCUT2D eigenvalue weighted by Gasteiger charge is 2.17. The second-order valence-electron chi connectivity index (χ2n) is 4.34. The SMILES string of the molecule is COc1cnc(Cl)c(NC(=O)OC(C)(C)C)c1. The first kappa shape index (κ1) is 13.6. The molecule has 0 aliphatic rings. The van der Waals surface area contributed by atoms with Gasteiger partial charge in [-0.15, -0.1) is 0 Å². The zero-order valence-electron chi connectivity index (χ0n) is 10.2. The zero-order valence-corrected chi connectivity index (χ0v) is 11.0. The Morgan fingerprint density at radius 2 is 2.12 bits per heavy atom. The molecule has 0 saturated heterocycles. The monoisotopic (exact) mass is 258 g/mol. The molecule has 0 aromatic carbocycles. The summed E-state index contributed by atoms with van der Waals surface area (Å²) in [6, 6.07) is 1.57. The summed E-state index contributed by atoms with van der Waals surface area (Å²) in [6.07, 6.45) is 0.872. The number of anilines is 1. The zero-order chi connectivity index (χ0) is 13.1. The number of carbonyl (C=O) groups is 1. The molecule has 1 rings (SSSR count). The van der Waals surface area contributed by atoms with E-state index in [4.69, 9.17) is 21.1 Å². The predicted molar refractivity (Wildman–Crippen MR) is 65.7 cm³/mol. The maximum Gasteiger partial charge on any atom is 0.412 e. The topological polar surface area (TPSA) is 60.5 Å². The highest BCUT2D eigenvalue weighted by molar-refractivity contribution is 6.32. The van der Waals surface area contributed by atoms with E-state index in [1.54, 1.807) is 26.8 Å². The number of hydrogen-bond donors (Lipinski definition) is 1. The van der Waals surface area contributed by atoms with Crippen molar-refractivity contribution in [3.8, 4) is 5.75 Å². The second kappa shape index (κ2) is 5.23. The quantitative estimate of drug-likeness (QED) is 0.828. The van der Waals surface area contributed by atoms with Gasteiger partial charge in [-0.25, -0.2) is 9.78 Å². The van der Waals surface area contributed by atoms with E-state index in [9.17, 15) is 4.79 Å². The molecule has 1 N–H and O–H groups in total. The summed E-state index contributed by atoms with van der Waals surface area (Å²) in [4.78, 5) is 15.4. The van der Waals surface area contributed by atoms with Gasteiger partial charge in [0.25, 0.3) is 0 Å². The molecule has 94 valence electrons. The summed E-state index contributed by atoms with van der Waals surface area (Å²) >= 11 is 5.83. The summed E-state index contributed by atoms with van der Waals surface area (Å²) in [6.45, 7) is 5.33. The van der Waals surface area contributed by atoms with Crippen molar-refractivity contribution in [3.63, 3.8) is 0 Å². The number of rotatable bonds is 2. The van der Waals surface area contributed by atoms with Gasteiger partial charge in [0.2, 0.25) is 0 Å². The number of carbonyl (C=O) groups excluding carboxylic acids is 1. The second-order valence-corrected chi connectivity index (χ2v) is 4.70. The van der Waals surface area contributed by atoms with Crippen LogP contribution in [0, 0.1) is 0 Å². The normalized spacial score (nSPS) is 10.9. The lowest BCUT2D eigenvalue weighted by Crippen LogP contribution is -2.27. The molecule has 17 heavy (non-hydrogen) atoms. The molecular weight excluding hydrogens is 244 g/mol. The number of methoxy groups -OCH3 is 1. The number of amides is 1. The number of hydrogen-bond acceptors (Lipinski definition) is 4. The number of pyridine rings is 1. The van der Waals surface area contributed by atoms with Crippen LogP contribution in [0.25, 0.3) is 0 Å². The van der Waals surface area contributed by atoms with Crippen LogP contribution in [0.5, 0.6) is 5.75 Å². The molecule has 0 aliphatic heterocycles. The third kappa shape index (κ3) is 4.48. The van der Waals surface area contributed by atoms with Gasteiger partial charge >= 0.3 is 6.09 Å². The van der Waals surface area contributed by atoms with Gasteiger partial charge in [-0.05, 0) is 20.8 Å². The van der Waals surface area contributed by atoms with E-state index < -0.39 is 11.7 Å². The molecule has 0 aliphatic carbocycles. The highest BCUT2D eigenvalue weighted by Crippen LogP contribution is 2.24. The number of halogens is 1. The molecule has 6 heteroatoms. The first-order valence-electron chi connectivity index (χ1n) is 5.01. The van der Waals surface area contributed by atoms with Crippen molar-refractivity contribution in [1.29, 1.82) is 0 Å². The molecule has 5 nitrogen and oxygen atoms in total. The predicted octanol–water partition coefficient (Wildman–Crippen LogP) is 3.09. The minimum Gasteiger partial charge on any atom is -0.495 e. The van der Waals surface area contributed by atoms with E-state index in [0.29, 0.717) is 11.4 Å². The van der Waals surface area contributed by atoms with Gasteiger partial charge in [-0.2, -0.15) is 0 Å². The van der Waals surface area contributed by atoms with Crippen molar-refractivity contribution >= 4 is 23.4 Å². The fourth-order valence-electron chi connectivity index (χ4n) is 1.04. The lowest BCUT2D eigenvalue weighted by molar-refractivity contribution is 0.0636. The van der Waals surface area contributed by atoms with Gasteiger partial charge in [0, 0.05) is 6.07 Å². The summed E-state index contributed by atoms with van der Waals surface area (Å²) in [7, 11) is 1.50. The standard InChI is InChI=1S/C11H15ClN2O3/c1-11(2,3)17-10(15)14-8-5-7(16-4)6-13-9(8)12/h5-6H,1-4H3,(H,14,15). The molecule has 0 bridgehead atoms. The van der Waals surface area contributed by atoms with E-state index in [1.165, 1.54) is 13.3 Å². The Hall–Kier alpha value is -1.49. The van der Waals surface area contributed by atoms with Gasteiger partial charge in [0.1, 0.15) is 11.4 Å². The van der Waals surface area contributed by atoms with Crippen LogP contribution in [-0.2, 0) is 4.74 Å². The van der Waals surface area contributed by atoms with Crippen LogP contribution < -0.4 is 10.1 Å². The van der Waals surface area contributed by atoms with Crippen LogP contribution in [0.2, 0.25) is 5.15 Å². The smallest absolute Gasteiger partial charge is 0.412 e. The molecule has 1 aromatic heterocycles. The minimum atomic E-state index is -0.588. The first-order chi connectivity index (χ1) is 7.81. The van der Waals surface area contributed by atoms with Crippen LogP contribution in [-0.4, -0.2) is 23.8 Å². The van der Waals surface area contributed by atoms with E-state index in [1.807, 2.05) is 0 Å². The molecule has 1 heterocycles. The fraction of sp³-hybridized carbons (Fsp3) is 0.455. The molecule has 0 fully saturated rings.